The highest BCUT2D eigenvalue weighted by Crippen LogP contribution is 2.37. The van der Waals surface area contributed by atoms with Gasteiger partial charge in [0, 0.05) is 18.0 Å². The van der Waals surface area contributed by atoms with E-state index < -0.39 is 11.8 Å². The number of imide groups is 1. The van der Waals surface area contributed by atoms with E-state index in [2.05, 4.69) is 10.3 Å². The SMILES string of the molecule is O=C1CC2=CC(=Cc3cc(O)c(O)c4ncccc34)CC(O)=C2C(=O)N1. The Morgan fingerprint density at radius 1 is 1.15 bits per heavy atom. The minimum atomic E-state index is -0.596. The van der Waals surface area contributed by atoms with Crippen LogP contribution < -0.4 is 5.32 Å². The zero-order valence-corrected chi connectivity index (χ0v) is 13.5. The largest absolute Gasteiger partial charge is 0.511 e. The number of aliphatic hydroxyl groups excluding tert-OH is 1. The second kappa shape index (κ2) is 5.73. The number of allylic oxidation sites excluding steroid dienone is 2. The number of aromatic hydroxyl groups is 2. The molecule has 7 heteroatoms. The van der Waals surface area contributed by atoms with Gasteiger partial charge in [0.05, 0.1) is 12.0 Å². The van der Waals surface area contributed by atoms with Crippen molar-refractivity contribution >= 4 is 28.8 Å². The molecule has 4 rings (SSSR count). The third-order valence-electron chi connectivity index (χ3n) is 4.39. The lowest BCUT2D eigenvalue weighted by Crippen LogP contribution is -2.38. The van der Waals surface area contributed by atoms with Crippen molar-refractivity contribution in [3.05, 3.63) is 58.5 Å². The summed E-state index contributed by atoms with van der Waals surface area (Å²) in [5.74, 6) is -1.73. The molecular weight excluding hydrogens is 336 g/mol. The minimum Gasteiger partial charge on any atom is -0.511 e. The summed E-state index contributed by atoms with van der Waals surface area (Å²) in [5.41, 5.74) is 2.12. The van der Waals surface area contributed by atoms with Gasteiger partial charge in [-0.05, 0) is 28.8 Å². The van der Waals surface area contributed by atoms with E-state index in [-0.39, 0.29) is 41.2 Å². The number of hydrogen-bond donors (Lipinski definition) is 4. The van der Waals surface area contributed by atoms with Gasteiger partial charge in [-0.2, -0.15) is 0 Å². The molecule has 0 saturated carbocycles. The molecule has 1 aromatic heterocycles. The lowest BCUT2D eigenvalue weighted by Gasteiger charge is -2.23. The lowest BCUT2D eigenvalue weighted by molar-refractivity contribution is -0.129. The van der Waals surface area contributed by atoms with Gasteiger partial charge in [0.25, 0.3) is 5.91 Å². The average molecular weight is 350 g/mol. The number of carbonyl (C=O) groups excluding carboxylic acids is 2. The first-order valence-electron chi connectivity index (χ1n) is 7.91. The fraction of sp³-hybridized carbons (Fsp3) is 0.105. The molecule has 26 heavy (non-hydrogen) atoms. The molecule has 1 saturated heterocycles. The summed E-state index contributed by atoms with van der Waals surface area (Å²) in [6.45, 7) is 0. The van der Waals surface area contributed by atoms with E-state index >= 15 is 0 Å². The van der Waals surface area contributed by atoms with Crippen molar-refractivity contribution in [1.29, 1.82) is 0 Å². The van der Waals surface area contributed by atoms with Gasteiger partial charge >= 0.3 is 0 Å². The second-order valence-electron chi connectivity index (χ2n) is 6.17. The third kappa shape index (κ3) is 2.50. The standard InChI is InChI=1S/C19H14N2O5/c22-13-6-9(5-11-8-15(24)21-19(26)16(11)13)4-10-7-14(23)18(25)17-12(10)2-1-3-20-17/h1-5,7,22-23,25H,6,8H2,(H,21,24,26). The van der Waals surface area contributed by atoms with Gasteiger partial charge in [-0.3, -0.25) is 19.9 Å². The molecule has 1 aromatic carbocycles. The molecule has 0 unspecified atom stereocenters. The summed E-state index contributed by atoms with van der Waals surface area (Å²) < 4.78 is 0. The Morgan fingerprint density at radius 2 is 1.96 bits per heavy atom. The summed E-state index contributed by atoms with van der Waals surface area (Å²) in [6, 6.07) is 4.86. The van der Waals surface area contributed by atoms with Crippen molar-refractivity contribution in [2.24, 2.45) is 0 Å². The van der Waals surface area contributed by atoms with Crippen molar-refractivity contribution in [1.82, 2.24) is 10.3 Å². The van der Waals surface area contributed by atoms with Crippen molar-refractivity contribution < 1.29 is 24.9 Å². The number of phenolic OH excluding ortho intramolecular Hbond substituents is 2. The van der Waals surface area contributed by atoms with Crippen LogP contribution in [0.15, 0.2) is 53.0 Å². The van der Waals surface area contributed by atoms with Crippen LogP contribution in [0.1, 0.15) is 18.4 Å². The van der Waals surface area contributed by atoms with Gasteiger partial charge in [-0.25, -0.2) is 0 Å². The Balaban J connectivity index is 1.84. The van der Waals surface area contributed by atoms with Gasteiger partial charge in [0.1, 0.15) is 11.3 Å². The molecule has 1 aliphatic heterocycles. The van der Waals surface area contributed by atoms with Gasteiger partial charge in [0.2, 0.25) is 5.91 Å². The van der Waals surface area contributed by atoms with Crippen LogP contribution in [0.25, 0.3) is 17.0 Å². The summed E-state index contributed by atoms with van der Waals surface area (Å²) in [4.78, 5) is 27.6. The summed E-state index contributed by atoms with van der Waals surface area (Å²) >= 11 is 0. The molecule has 7 nitrogen and oxygen atoms in total. The smallest absolute Gasteiger partial charge is 0.261 e. The first-order valence-corrected chi connectivity index (χ1v) is 7.91. The molecule has 0 atom stereocenters. The number of fused-ring (bicyclic) bond motifs is 2. The fourth-order valence-corrected chi connectivity index (χ4v) is 3.29. The number of nitrogens with one attached hydrogen (secondary N) is 1. The number of carbonyl (C=O) groups is 2. The number of piperidine rings is 1. The van der Waals surface area contributed by atoms with E-state index in [1.165, 1.54) is 12.3 Å². The Kier molecular flexibility index (Phi) is 3.50. The van der Waals surface area contributed by atoms with Gasteiger partial charge in [-0.15, -0.1) is 0 Å². The number of aliphatic hydroxyl groups is 1. The molecule has 0 bridgehead atoms. The summed E-state index contributed by atoms with van der Waals surface area (Å²) in [7, 11) is 0. The number of aromatic nitrogens is 1. The predicted molar refractivity (Wildman–Crippen MR) is 93.2 cm³/mol. The van der Waals surface area contributed by atoms with Crippen LogP contribution in [-0.2, 0) is 9.59 Å². The predicted octanol–water partition coefficient (Wildman–Crippen LogP) is 2.22. The van der Waals surface area contributed by atoms with Crippen LogP contribution in [-0.4, -0.2) is 32.1 Å². The van der Waals surface area contributed by atoms with Crippen LogP contribution in [0.2, 0.25) is 0 Å². The number of pyridine rings is 1. The van der Waals surface area contributed by atoms with Crippen LogP contribution in [0, 0.1) is 0 Å². The van der Waals surface area contributed by atoms with E-state index in [1.807, 2.05) is 0 Å². The monoisotopic (exact) mass is 350 g/mol. The Hall–Kier alpha value is -3.61. The average Bonchev–Trinajstić information content (AvgIpc) is 2.58. The van der Waals surface area contributed by atoms with Crippen molar-refractivity contribution in [2.75, 3.05) is 0 Å². The van der Waals surface area contributed by atoms with E-state index in [4.69, 9.17) is 0 Å². The molecule has 0 spiro atoms. The fourth-order valence-electron chi connectivity index (χ4n) is 3.29. The molecule has 2 amide bonds. The van der Waals surface area contributed by atoms with Crippen LogP contribution in [0.5, 0.6) is 11.5 Å². The van der Waals surface area contributed by atoms with E-state index in [0.717, 1.165) is 0 Å². The normalized spacial score (nSPS) is 18.8. The second-order valence-corrected chi connectivity index (χ2v) is 6.17. The quantitative estimate of drug-likeness (QED) is 0.462. The molecule has 1 fully saturated rings. The lowest BCUT2D eigenvalue weighted by atomic mass is 9.87. The van der Waals surface area contributed by atoms with Crippen molar-refractivity contribution in [3.8, 4) is 11.5 Å². The molecule has 4 N–H and O–H groups in total. The molecule has 0 radical (unpaired) electrons. The zero-order chi connectivity index (χ0) is 18.4. The highest BCUT2D eigenvalue weighted by Gasteiger charge is 2.31. The molecule has 130 valence electrons. The zero-order valence-electron chi connectivity index (χ0n) is 13.5. The number of phenols is 2. The van der Waals surface area contributed by atoms with E-state index in [9.17, 15) is 24.9 Å². The minimum absolute atomic E-state index is 0.00556. The number of hydrogen-bond acceptors (Lipinski definition) is 6. The number of benzene rings is 1. The molecule has 2 heterocycles. The molecule has 2 aromatic rings. The molecular formula is C19H14N2O5. The molecule has 2 aliphatic rings. The highest BCUT2D eigenvalue weighted by atomic mass is 16.3. The topological polar surface area (TPSA) is 120 Å². The Bertz CT molecular complexity index is 1080. The number of amides is 2. The highest BCUT2D eigenvalue weighted by molar-refractivity contribution is 6.12. The van der Waals surface area contributed by atoms with E-state index in [1.54, 1.807) is 24.3 Å². The van der Waals surface area contributed by atoms with Crippen LogP contribution >= 0.6 is 0 Å². The van der Waals surface area contributed by atoms with Crippen molar-refractivity contribution in [2.45, 2.75) is 12.8 Å². The Morgan fingerprint density at radius 3 is 2.77 bits per heavy atom. The first-order chi connectivity index (χ1) is 12.4. The maximum atomic E-state index is 11.9. The maximum Gasteiger partial charge on any atom is 0.261 e. The van der Waals surface area contributed by atoms with Crippen molar-refractivity contribution in [3.63, 3.8) is 0 Å². The Labute approximate surface area is 147 Å². The van der Waals surface area contributed by atoms with Gasteiger partial charge in [0.15, 0.2) is 11.5 Å². The van der Waals surface area contributed by atoms with Crippen LogP contribution in [0.4, 0.5) is 0 Å². The third-order valence-corrected chi connectivity index (χ3v) is 4.39. The molecule has 1 aliphatic carbocycles. The summed E-state index contributed by atoms with van der Waals surface area (Å²) in [5, 5.41) is 33.0. The number of nitrogens with zero attached hydrogens (tertiary/aromatic N) is 1. The van der Waals surface area contributed by atoms with Gasteiger partial charge < -0.3 is 15.3 Å². The van der Waals surface area contributed by atoms with Crippen LogP contribution in [0.3, 0.4) is 0 Å². The maximum absolute atomic E-state index is 11.9. The first kappa shape index (κ1) is 15.9. The number of rotatable bonds is 1. The summed E-state index contributed by atoms with van der Waals surface area (Å²) in [6.07, 6.45) is 5.04. The van der Waals surface area contributed by atoms with E-state index in [0.29, 0.717) is 22.1 Å². The van der Waals surface area contributed by atoms with Gasteiger partial charge in [-0.1, -0.05) is 18.2 Å².